The first kappa shape index (κ1) is 14.8. The molecule has 2 nitrogen and oxygen atoms in total. The fourth-order valence-electron chi connectivity index (χ4n) is 3.15. The highest BCUT2D eigenvalue weighted by atomic mass is 79.9. The number of amides is 1. The van der Waals surface area contributed by atoms with Crippen LogP contribution >= 0.6 is 15.9 Å². The maximum atomic E-state index is 12.3. The number of allylic oxidation sites excluding steroid dienone is 1. The molecule has 2 aliphatic rings. The van der Waals surface area contributed by atoms with Crippen molar-refractivity contribution in [2.75, 3.05) is 13.1 Å². The van der Waals surface area contributed by atoms with Gasteiger partial charge in [-0.1, -0.05) is 39.2 Å². The Morgan fingerprint density at radius 2 is 1.62 bits per heavy atom. The summed E-state index contributed by atoms with van der Waals surface area (Å²) in [6.45, 7) is 1.86. The van der Waals surface area contributed by atoms with Crippen molar-refractivity contribution < 1.29 is 4.79 Å². The van der Waals surface area contributed by atoms with Gasteiger partial charge >= 0.3 is 0 Å². The van der Waals surface area contributed by atoms with Gasteiger partial charge in [0.15, 0.2) is 0 Å². The quantitative estimate of drug-likeness (QED) is 0.738. The van der Waals surface area contributed by atoms with Crippen molar-refractivity contribution in [3.8, 4) is 0 Å². The molecule has 21 heavy (non-hydrogen) atoms. The first-order chi connectivity index (χ1) is 10.2. The van der Waals surface area contributed by atoms with Crippen LogP contribution < -0.4 is 0 Å². The van der Waals surface area contributed by atoms with E-state index in [0.717, 1.165) is 36.8 Å². The number of halogens is 1. The standard InChI is InChI=1S/C18H22BrNO/c19-17-7-4-14(5-8-17)6-9-18(21)20-12-10-16(11-13-20)15-2-1-3-15/h4-5,7-8H,1-3,6,9-13H2. The molecule has 0 bridgehead atoms. The SMILES string of the molecule is O=C(CCc1ccc(Br)cc1)N1CCC(=C2CCC2)CC1. The van der Waals surface area contributed by atoms with Crippen LogP contribution in [0.15, 0.2) is 39.9 Å². The van der Waals surface area contributed by atoms with Gasteiger partial charge in [-0.2, -0.15) is 0 Å². The first-order valence-electron chi connectivity index (χ1n) is 7.94. The van der Waals surface area contributed by atoms with Crippen LogP contribution in [-0.2, 0) is 11.2 Å². The number of rotatable bonds is 3. The highest BCUT2D eigenvalue weighted by Gasteiger charge is 2.22. The van der Waals surface area contributed by atoms with E-state index in [4.69, 9.17) is 0 Å². The van der Waals surface area contributed by atoms with E-state index in [1.807, 2.05) is 12.1 Å². The summed E-state index contributed by atoms with van der Waals surface area (Å²) in [5, 5.41) is 0. The van der Waals surface area contributed by atoms with Crippen molar-refractivity contribution in [2.24, 2.45) is 0 Å². The third kappa shape index (κ3) is 3.76. The van der Waals surface area contributed by atoms with Crippen LogP contribution in [0.2, 0.25) is 0 Å². The van der Waals surface area contributed by atoms with Crippen LogP contribution in [0, 0.1) is 0 Å². The number of piperidine rings is 1. The van der Waals surface area contributed by atoms with Crippen molar-refractivity contribution in [1.29, 1.82) is 0 Å². The van der Waals surface area contributed by atoms with Crippen molar-refractivity contribution in [2.45, 2.75) is 44.9 Å². The van der Waals surface area contributed by atoms with Gasteiger partial charge in [0.05, 0.1) is 0 Å². The molecule has 112 valence electrons. The number of hydrogen-bond acceptors (Lipinski definition) is 1. The van der Waals surface area contributed by atoms with Crippen molar-refractivity contribution in [1.82, 2.24) is 4.90 Å². The Kier molecular flexibility index (Phi) is 4.79. The van der Waals surface area contributed by atoms with Gasteiger partial charge < -0.3 is 4.90 Å². The second-order valence-electron chi connectivity index (χ2n) is 6.07. The number of benzene rings is 1. The average Bonchev–Trinajstić information content (AvgIpc) is 2.45. The summed E-state index contributed by atoms with van der Waals surface area (Å²) in [5.41, 5.74) is 4.58. The number of carbonyl (C=O) groups is 1. The van der Waals surface area contributed by atoms with Gasteiger partial charge in [-0.15, -0.1) is 0 Å². The minimum atomic E-state index is 0.315. The maximum absolute atomic E-state index is 12.3. The zero-order valence-electron chi connectivity index (χ0n) is 12.4. The van der Waals surface area contributed by atoms with E-state index in [1.165, 1.54) is 24.8 Å². The van der Waals surface area contributed by atoms with E-state index in [2.05, 4.69) is 33.0 Å². The van der Waals surface area contributed by atoms with Gasteiger partial charge in [0.1, 0.15) is 0 Å². The molecule has 3 heteroatoms. The Bertz CT molecular complexity index is 531. The Labute approximate surface area is 135 Å². The van der Waals surface area contributed by atoms with Crippen LogP contribution in [0.3, 0.4) is 0 Å². The summed E-state index contributed by atoms with van der Waals surface area (Å²) in [6, 6.07) is 8.26. The lowest BCUT2D eigenvalue weighted by Gasteiger charge is -2.32. The number of nitrogens with zero attached hydrogens (tertiary/aromatic N) is 1. The largest absolute Gasteiger partial charge is 0.342 e. The molecular weight excluding hydrogens is 326 g/mol. The zero-order valence-corrected chi connectivity index (χ0v) is 14.0. The molecule has 0 unspecified atom stereocenters. The Morgan fingerprint density at radius 3 is 2.19 bits per heavy atom. The normalized spacial score (nSPS) is 18.6. The van der Waals surface area contributed by atoms with Crippen molar-refractivity contribution in [3.05, 3.63) is 45.4 Å². The molecule has 2 fully saturated rings. The molecule has 1 aromatic carbocycles. The minimum Gasteiger partial charge on any atom is -0.342 e. The Morgan fingerprint density at radius 1 is 1.00 bits per heavy atom. The maximum Gasteiger partial charge on any atom is 0.222 e. The summed E-state index contributed by atoms with van der Waals surface area (Å²) < 4.78 is 1.09. The molecule has 3 rings (SSSR count). The van der Waals surface area contributed by atoms with Crippen molar-refractivity contribution >= 4 is 21.8 Å². The van der Waals surface area contributed by atoms with Crippen LogP contribution in [0.1, 0.15) is 44.1 Å². The molecule has 1 aromatic rings. The lowest BCUT2D eigenvalue weighted by atomic mass is 9.84. The molecule has 0 atom stereocenters. The highest BCUT2D eigenvalue weighted by molar-refractivity contribution is 9.10. The number of likely N-dealkylation sites (tertiary alicyclic amines) is 1. The molecule has 1 aliphatic carbocycles. The average molecular weight is 348 g/mol. The van der Waals surface area contributed by atoms with Crippen LogP contribution in [0.4, 0.5) is 0 Å². The van der Waals surface area contributed by atoms with E-state index in [1.54, 1.807) is 11.1 Å². The van der Waals surface area contributed by atoms with Gasteiger partial charge in [-0.05, 0) is 56.2 Å². The Balaban J connectivity index is 1.47. The topological polar surface area (TPSA) is 20.3 Å². The number of hydrogen-bond donors (Lipinski definition) is 0. The molecule has 1 saturated carbocycles. The smallest absolute Gasteiger partial charge is 0.222 e. The van der Waals surface area contributed by atoms with Gasteiger partial charge in [-0.3, -0.25) is 4.79 Å². The molecule has 1 saturated heterocycles. The van der Waals surface area contributed by atoms with Gasteiger partial charge in [0.2, 0.25) is 5.91 Å². The molecule has 1 aliphatic heterocycles. The summed E-state index contributed by atoms with van der Waals surface area (Å²) in [5.74, 6) is 0.315. The summed E-state index contributed by atoms with van der Waals surface area (Å²) >= 11 is 3.44. The fourth-order valence-corrected chi connectivity index (χ4v) is 3.41. The lowest BCUT2D eigenvalue weighted by molar-refractivity contribution is -0.131. The molecule has 0 aromatic heterocycles. The fraction of sp³-hybridized carbons (Fsp3) is 0.500. The monoisotopic (exact) mass is 347 g/mol. The van der Waals surface area contributed by atoms with Crippen LogP contribution in [0.25, 0.3) is 0 Å². The molecule has 1 heterocycles. The molecular formula is C18H22BrNO. The second kappa shape index (κ2) is 6.78. The third-order valence-electron chi connectivity index (χ3n) is 4.72. The summed E-state index contributed by atoms with van der Waals surface area (Å²) in [6.07, 6.45) is 7.69. The minimum absolute atomic E-state index is 0.315. The van der Waals surface area contributed by atoms with Crippen molar-refractivity contribution in [3.63, 3.8) is 0 Å². The summed E-state index contributed by atoms with van der Waals surface area (Å²) in [4.78, 5) is 14.4. The lowest BCUT2D eigenvalue weighted by Crippen LogP contribution is -2.37. The predicted octanol–water partition coefficient (Wildman–Crippen LogP) is 4.48. The molecule has 0 spiro atoms. The van der Waals surface area contributed by atoms with E-state index >= 15 is 0 Å². The third-order valence-corrected chi connectivity index (χ3v) is 5.25. The first-order valence-corrected chi connectivity index (χ1v) is 8.73. The molecule has 0 N–H and O–H groups in total. The number of carbonyl (C=O) groups excluding carboxylic acids is 1. The highest BCUT2D eigenvalue weighted by Crippen LogP contribution is 2.33. The predicted molar refractivity (Wildman–Crippen MR) is 89.2 cm³/mol. The van der Waals surface area contributed by atoms with Crippen LogP contribution in [-0.4, -0.2) is 23.9 Å². The Hall–Kier alpha value is -1.09. The summed E-state index contributed by atoms with van der Waals surface area (Å²) in [7, 11) is 0. The van der Waals surface area contributed by atoms with Crippen LogP contribution in [0.5, 0.6) is 0 Å². The number of aryl methyl sites for hydroxylation is 1. The zero-order chi connectivity index (χ0) is 14.7. The van der Waals surface area contributed by atoms with Gasteiger partial charge in [-0.25, -0.2) is 0 Å². The van der Waals surface area contributed by atoms with Gasteiger partial charge in [0, 0.05) is 24.0 Å². The van der Waals surface area contributed by atoms with E-state index in [0.29, 0.717) is 12.3 Å². The van der Waals surface area contributed by atoms with E-state index in [-0.39, 0.29) is 0 Å². The van der Waals surface area contributed by atoms with Gasteiger partial charge in [0.25, 0.3) is 0 Å². The second-order valence-corrected chi connectivity index (χ2v) is 6.98. The molecule has 0 radical (unpaired) electrons. The van der Waals surface area contributed by atoms with E-state index in [9.17, 15) is 4.79 Å². The van der Waals surface area contributed by atoms with E-state index < -0.39 is 0 Å². The molecule has 1 amide bonds.